The maximum Gasteiger partial charge on any atom is 0.407 e. The number of carbonyl (C=O) groups is 2. The second-order valence-corrected chi connectivity index (χ2v) is 7.65. The molecule has 1 amide bonds. The Morgan fingerprint density at radius 3 is 2.10 bits per heavy atom. The molecule has 0 unspecified atom stereocenters. The molecule has 1 saturated carbocycles. The third kappa shape index (κ3) is 4.43. The molecule has 0 aromatic heterocycles. The molecule has 0 saturated heterocycles. The minimum atomic E-state index is -0.955. The topological polar surface area (TPSA) is 84.9 Å². The molecule has 29 heavy (non-hydrogen) atoms. The van der Waals surface area contributed by atoms with Crippen molar-refractivity contribution in [1.82, 2.24) is 5.32 Å². The van der Waals surface area contributed by atoms with Crippen molar-refractivity contribution in [2.24, 2.45) is 0 Å². The smallest absolute Gasteiger partial charge is 0.407 e. The second kappa shape index (κ2) is 8.66. The Morgan fingerprint density at radius 1 is 0.931 bits per heavy atom. The highest BCUT2D eigenvalue weighted by Gasteiger charge is 2.29. The van der Waals surface area contributed by atoms with Crippen molar-refractivity contribution in [2.45, 2.75) is 43.7 Å². The fraction of sp³-hybridized carbons (Fsp3) is 0.391. The zero-order valence-electron chi connectivity index (χ0n) is 16.2. The highest BCUT2D eigenvalue weighted by molar-refractivity contribution is 5.79. The van der Waals surface area contributed by atoms with Crippen molar-refractivity contribution in [1.29, 1.82) is 0 Å². The summed E-state index contributed by atoms with van der Waals surface area (Å²) >= 11 is 0. The van der Waals surface area contributed by atoms with Gasteiger partial charge in [-0.2, -0.15) is 0 Å². The van der Waals surface area contributed by atoms with E-state index in [1.54, 1.807) is 0 Å². The van der Waals surface area contributed by atoms with E-state index in [0.29, 0.717) is 6.61 Å². The van der Waals surface area contributed by atoms with Gasteiger partial charge in [0.2, 0.25) is 0 Å². The van der Waals surface area contributed by atoms with E-state index < -0.39 is 12.1 Å². The van der Waals surface area contributed by atoms with Crippen LogP contribution in [-0.4, -0.2) is 42.5 Å². The molecule has 2 aliphatic carbocycles. The first-order valence-corrected chi connectivity index (χ1v) is 10.1. The number of aliphatic carboxylic acids is 1. The van der Waals surface area contributed by atoms with Crippen LogP contribution in [0.5, 0.6) is 0 Å². The van der Waals surface area contributed by atoms with E-state index in [1.165, 1.54) is 22.3 Å². The van der Waals surface area contributed by atoms with E-state index in [9.17, 15) is 9.59 Å². The Hall–Kier alpha value is -2.86. The standard InChI is InChI=1S/C23H25NO5/c25-22(26)14-28-16-11-9-15(10-12-16)24-23(27)29-13-21-19-7-3-1-5-17(19)18-6-2-4-8-20(18)21/h1-8,15-16,21H,9-14H2,(H,24,27)(H,25,26). The molecule has 0 spiro atoms. The number of carbonyl (C=O) groups excluding carboxylic acids is 1. The van der Waals surface area contributed by atoms with Gasteiger partial charge in [0, 0.05) is 12.0 Å². The second-order valence-electron chi connectivity index (χ2n) is 7.65. The minimum absolute atomic E-state index is 0.0373. The van der Waals surface area contributed by atoms with E-state index in [4.69, 9.17) is 14.6 Å². The van der Waals surface area contributed by atoms with Gasteiger partial charge in [-0.3, -0.25) is 0 Å². The largest absolute Gasteiger partial charge is 0.480 e. The van der Waals surface area contributed by atoms with Gasteiger partial charge in [-0.25, -0.2) is 9.59 Å². The number of hydrogen-bond acceptors (Lipinski definition) is 4. The normalized spacial score (nSPS) is 20.6. The van der Waals surface area contributed by atoms with Crippen molar-refractivity contribution >= 4 is 12.1 Å². The molecular weight excluding hydrogens is 370 g/mol. The maximum absolute atomic E-state index is 12.3. The monoisotopic (exact) mass is 395 g/mol. The summed E-state index contributed by atoms with van der Waals surface area (Å²) in [6.45, 7) is 0.0338. The van der Waals surface area contributed by atoms with E-state index in [1.807, 2.05) is 24.3 Å². The van der Waals surface area contributed by atoms with Gasteiger partial charge in [0.15, 0.2) is 0 Å². The Balaban J connectivity index is 1.29. The summed E-state index contributed by atoms with van der Waals surface area (Å²) in [5.41, 5.74) is 4.80. The van der Waals surface area contributed by atoms with Gasteiger partial charge in [0.1, 0.15) is 13.2 Å². The van der Waals surface area contributed by atoms with E-state index in [2.05, 4.69) is 29.6 Å². The number of nitrogens with one attached hydrogen (secondary N) is 1. The average Bonchev–Trinajstić information content (AvgIpc) is 3.05. The van der Waals surface area contributed by atoms with Crippen molar-refractivity contribution in [2.75, 3.05) is 13.2 Å². The molecule has 152 valence electrons. The van der Waals surface area contributed by atoms with Crippen molar-refractivity contribution < 1.29 is 24.2 Å². The van der Waals surface area contributed by atoms with E-state index >= 15 is 0 Å². The SMILES string of the molecule is O=C(O)COC1CCC(NC(=O)OCC2c3ccccc3-c3ccccc32)CC1. The van der Waals surface area contributed by atoms with Crippen LogP contribution in [0.15, 0.2) is 48.5 Å². The van der Waals surface area contributed by atoms with Gasteiger partial charge in [-0.1, -0.05) is 48.5 Å². The number of ether oxygens (including phenoxy) is 2. The maximum atomic E-state index is 12.3. The number of carboxylic acids is 1. The van der Waals surface area contributed by atoms with Crippen LogP contribution < -0.4 is 5.32 Å². The minimum Gasteiger partial charge on any atom is -0.480 e. The zero-order valence-corrected chi connectivity index (χ0v) is 16.2. The van der Waals surface area contributed by atoms with Gasteiger partial charge in [-0.15, -0.1) is 0 Å². The number of rotatable bonds is 6. The van der Waals surface area contributed by atoms with Gasteiger partial charge in [-0.05, 0) is 47.9 Å². The lowest BCUT2D eigenvalue weighted by atomic mass is 9.93. The summed E-state index contributed by atoms with van der Waals surface area (Å²) in [5.74, 6) is -0.905. The first kappa shape index (κ1) is 19.5. The van der Waals surface area contributed by atoms with E-state index in [0.717, 1.165) is 25.7 Å². The molecule has 1 fully saturated rings. The molecule has 0 heterocycles. The molecule has 6 nitrogen and oxygen atoms in total. The zero-order chi connectivity index (χ0) is 20.2. The summed E-state index contributed by atoms with van der Waals surface area (Å²) < 4.78 is 10.9. The van der Waals surface area contributed by atoms with Crippen LogP contribution in [0.1, 0.15) is 42.7 Å². The van der Waals surface area contributed by atoms with Crippen LogP contribution in [0.2, 0.25) is 0 Å². The number of hydrogen-bond donors (Lipinski definition) is 2. The lowest BCUT2D eigenvalue weighted by Gasteiger charge is -2.28. The Labute approximate surface area is 169 Å². The molecule has 4 rings (SSSR count). The van der Waals surface area contributed by atoms with Crippen LogP contribution in [0.25, 0.3) is 11.1 Å². The van der Waals surface area contributed by atoms with Gasteiger partial charge in [0.05, 0.1) is 6.10 Å². The number of alkyl carbamates (subject to hydrolysis) is 1. The van der Waals surface area contributed by atoms with Crippen molar-refractivity contribution in [3.05, 3.63) is 59.7 Å². The Bertz CT molecular complexity index is 843. The number of benzene rings is 2. The van der Waals surface area contributed by atoms with Gasteiger partial charge in [0.25, 0.3) is 0 Å². The summed E-state index contributed by atoms with van der Waals surface area (Å²) in [6, 6.07) is 16.5. The fourth-order valence-corrected chi connectivity index (χ4v) is 4.37. The Kier molecular flexibility index (Phi) is 5.81. The van der Waals surface area contributed by atoms with Gasteiger partial charge >= 0.3 is 12.1 Å². The number of fused-ring (bicyclic) bond motifs is 3. The predicted octanol–water partition coefficient (Wildman–Crippen LogP) is 3.94. The summed E-state index contributed by atoms with van der Waals surface area (Å²) in [7, 11) is 0. The Morgan fingerprint density at radius 2 is 1.52 bits per heavy atom. The molecule has 2 aromatic carbocycles. The highest BCUT2D eigenvalue weighted by atomic mass is 16.5. The van der Waals surface area contributed by atoms with Crippen LogP contribution in [0.4, 0.5) is 4.79 Å². The molecule has 2 aliphatic rings. The molecule has 2 N–H and O–H groups in total. The highest BCUT2D eigenvalue weighted by Crippen LogP contribution is 2.44. The lowest BCUT2D eigenvalue weighted by Crippen LogP contribution is -2.40. The average molecular weight is 395 g/mol. The fourth-order valence-electron chi connectivity index (χ4n) is 4.37. The van der Waals surface area contributed by atoms with Crippen LogP contribution in [0, 0.1) is 0 Å². The summed E-state index contributed by atoms with van der Waals surface area (Å²) in [5, 5.41) is 11.6. The quantitative estimate of drug-likeness (QED) is 0.774. The molecule has 0 atom stereocenters. The van der Waals surface area contributed by atoms with Crippen LogP contribution in [-0.2, 0) is 14.3 Å². The summed E-state index contributed by atoms with van der Waals surface area (Å²) in [4.78, 5) is 22.9. The van der Waals surface area contributed by atoms with Crippen LogP contribution >= 0.6 is 0 Å². The van der Waals surface area contributed by atoms with Gasteiger partial charge < -0.3 is 19.9 Å². The third-order valence-electron chi connectivity index (χ3n) is 5.78. The molecule has 0 radical (unpaired) electrons. The summed E-state index contributed by atoms with van der Waals surface area (Å²) in [6.07, 6.45) is 2.54. The van der Waals surface area contributed by atoms with Crippen molar-refractivity contribution in [3.63, 3.8) is 0 Å². The predicted molar refractivity (Wildman–Crippen MR) is 108 cm³/mol. The molecular formula is C23H25NO5. The first-order valence-electron chi connectivity index (χ1n) is 10.1. The lowest BCUT2D eigenvalue weighted by molar-refractivity contribution is -0.145. The third-order valence-corrected chi connectivity index (χ3v) is 5.78. The molecule has 0 aliphatic heterocycles. The number of amides is 1. The van der Waals surface area contributed by atoms with Crippen molar-refractivity contribution in [3.8, 4) is 11.1 Å². The van der Waals surface area contributed by atoms with Crippen LogP contribution in [0.3, 0.4) is 0 Å². The molecule has 0 bridgehead atoms. The molecule has 2 aromatic rings. The van der Waals surface area contributed by atoms with E-state index in [-0.39, 0.29) is 24.7 Å². The number of carboxylic acid groups (broad SMARTS) is 1. The first-order chi connectivity index (χ1) is 14.1. The molecule has 6 heteroatoms.